The molecule has 2 saturated carbocycles. The van der Waals surface area contributed by atoms with Crippen molar-refractivity contribution in [2.45, 2.75) is 64.3 Å². The lowest BCUT2D eigenvalue weighted by Gasteiger charge is -2.37. The zero-order chi connectivity index (χ0) is 14.7. The third-order valence-corrected chi connectivity index (χ3v) is 5.28. The molecule has 2 aliphatic rings. The Bertz CT molecular complexity index is 361. The first kappa shape index (κ1) is 15.3. The molecule has 0 unspecified atom stereocenters. The molecule has 0 aromatic rings. The van der Waals surface area contributed by atoms with E-state index in [1.165, 1.54) is 12.8 Å². The predicted molar refractivity (Wildman–Crippen MR) is 77.3 cm³/mol. The van der Waals surface area contributed by atoms with Crippen molar-refractivity contribution in [2.24, 2.45) is 17.8 Å². The minimum absolute atomic E-state index is 0.0663. The number of carbonyl (C=O) groups is 2. The lowest BCUT2D eigenvalue weighted by molar-refractivity contribution is -0.153. The third kappa shape index (κ3) is 3.33. The number of hydrogen-bond acceptors (Lipinski definition) is 2. The minimum Gasteiger partial charge on any atom is -0.481 e. The summed E-state index contributed by atoms with van der Waals surface area (Å²) in [5.74, 6) is -0.742. The number of amides is 1. The number of aliphatic carboxylic acids is 1. The summed E-state index contributed by atoms with van der Waals surface area (Å²) in [5, 5.41) is 9.31. The highest BCUT2D eigenvalue weighted by Crippen LogP contribution is 2.34. The van der Waals surface area contributed by atoms with Gasteiger partial charge in [-0.05, 0) is 44.4 Å². The SMILES string of the molecule is CC1CCC(N(C)C(=O)[C@@H]2CCCC[C@@H]2C(=O)O)CC1. The van der Waals surface area contributed by atoms with Crippen LogP contribution >= 0.6 is 0 Å². The highest BCUT2D eigenvalue weighted by molar-refractivity contribution is 5.85. The Morgan fingerprint density at radius 3 is 2.05 bits per heavy atom. The standard InChI is InChI=1S/C16H27NO3/c1-11-7-9-12(10-8-11)17(2)15(18)13-5-3-4-6-14(13)16(19)20/h11-14H,3-10H2,1-2H3,(H,19,20)/t11?,12?,13-,14+/m1/s1. The van der Waals surface area contributed by atoms with Crippen LogP contribution in [0, 0.1) is 17.8 Å². The number of nitrogens with zero attached hydrogens (tertiary/aromatic N) is 1. The Morgan fingerprint density at radius 2 is 1.50 bits per heavy atom. The zero-order valence-electron chi connectivity index (χ0n) is 12.7. The van der Waals surface area contributed by atoms with E-state index < -0.39 is 11.9 Å². The summed E-state index contributed by atoms with van der Waals surface area (Å²) in [6, 6.07) is 0.315. The molecule has 0 spiro atoms. The molecule has 0 aromatic heterocycles. The average Bonchev–Trinajstić information content (AvgIpc) is 2.46. The number of carboxylic acid groups (broad SMARTS) is 1. The summed E-state index contributed by atoms with van der Waals surface area (Å²) in [7, 11) is 1.87. The summed E-state index contributed by atoms with van der Waals surface area (Å²) in [5.41, 5.74) is 0. The number of carboxylic acids is 1. The van der Waals surface area contributed by atoms with Crippen LogP contribution < -0.4 is 0 Å². The van der Waals surface area contributed by atoms with Gasteiger partial charge in [-0.3, -0.25) is 9.59 Å². The van der Waals surface area contributed by atoms with E-state index in [0.29, 0.717) is 12.5 Å². The van der Waals surface area contributed by atoms with Crippen LogP contribution in [0.5, 0.6) is 0 Å². The van der Waals surface area contributed by atoms with Crippen molar-refractivity contribution < 1.29 is 14.7 Å². The first-order valence-corrected chi connectivity index (χ1v) is 8.00. The van der Waals surface area contributed by atoms with Gasteiger partial charge in [0.25, 0.3) is 0 Å². The third-order valence-electron chi connectivity index (χ3n) is 5.28. The van der Waals surface area contributed by atoms with Gasteiger partial charge in [-0.2, -0.15) is 0 Å². The van der Waals surface area contributed by atoms with Gasteiger partial charge >= 0.3 is 5.97 Å². The fourth-order valence-corrected chi connectivity index (χ4v) is 3.79. The fourth-order valence-electron chi connectivity index (χ4n) is 3.79. The van der Waals surface area contributed by atoms with Gasteiger partial charge < -0.3 is 10.0 Å². The van der Waals surface area contributed by atoms with Gasteiger partial charge in [0.1, 0.15) is 0 Å². The Balaban J connectivity index is 1.99. The van der Waals surface area contributed by atoms with Crippen molar-refractivity contribution in [3.05, 3.63) is 0 Å². The van der Waals surface area contributed by atoms with E-state index in [2.05, 4.69) is 6.92 Å². The lowest BCUT2D eigenvalue weighted by atomic mass is 9.78. The Labute approximate surface area is 121 Å². The quantitative estimate of drug-likeness (QED) is 0.865. The molecule has 4 heteroatoms. The number of rotatable bonds is 3. The van der Waals surface area contributed by atoms with E-state index in [4.69, 9.17) is 0 Å². The van der Waals surface area contributed by atoms with Crippen LogP contribution in [0.2, 0.25) is 0 Å². The monoisotopic (exact) mass is 281 g/mol. The molecule has 0 radical (unpaired) electrons. The van der Waals surface area contributed by atoms with Gasteiger partial charge in [0.05, 0.1) is 11.8 Å². The van der Waals surface area contributed by atoms with Gasteiger partial charge in [-0.25, -0.2) is 0 Å². The normalized spacial score (nSPS) is 34.5. The lowest BCUT2D eigenvalue weighted by Crippen LogP contribution is -2.46. The first-order valence-electron chi connectivity index (χ1n) is 8.00. The largest absolute Gasteiger partial charge is 0.481 e. The van der Waals surface area contributed by atoms with E-state index in [1.54, 1.807) is 0 Å². The van der Waals surface area contributed by atoms with Crippen LogP contribution in [0.4, 0.5) is 0 Å². The second kappa shape index (κ2) is 6.59. The smallest absolute Gasteiger partial charge is 0.307 e. The van der Waals surface area contributed by atoms with Gasteiger partial charge in [0.2, 0.25) is 5.91 Å². The second-order valence-electron chi connectivity index (χ2n) is 6.70. The van der Waals surface area contributed by atoms with Crippen molar-refractivity contribution in [3.63, 3.8) is 0 Å². The maximum Gasteiger partial charge on any atom is 0.307 e. The van der Waals surface area contributed by atoms with Gasteiger partial charge in [0.15, 0.2) is 0 Å². The molecule has 2 fully saturated rings. The molecule has 0 aliphatic heterocycles. The molecule has 1 N–H and O–H groups in total. The number of carbonyl (C=O) groups excluding carboxylic acids is 1. The van der Waals surface area contributed by atoms with Crippen molar-refractivity contribution in [1.29, 1.82) is 0 Å². The minimum atomic E-state index is -0.797. The molecule has 20 heavy (non-hydrogen) atoms. The summed E-state index contributed by atoms with van der Waals surface area (Å²) in [6.07, 6.45) is 7.79. The molecule has 2 atom stereocenters. The van der Waals surface area contributed by atoms with E-state index >= 15 is 0 Å². The van der Waals surface area contributed by atoms with E-state index in [-0.39, 0.29) is 11.8 Å². The second-order valence-corrected chi connectivity index (χ2v) is 6.70. The molecule has 0 aromatic carbocycles. The summed E-state index contributed by atoms with van der Waals surface area (Å²) < 4.78 is 0. The molecule has 0 bridgehead atoms. The van der Waals surface area contributed by atoms with Crippen molar-refractivity contribution in [3.8, 4) is 0 Å². The number of hydrogen-bond donors (Lipinski definition) is 1. The van der Waals surface area contributed by atoms with Crippen molar-refractivity contribution >= 4 is 11.9 Å². The first-order chi connectivity index (χ1) is 9.50. The molecule has 0 saturated heterocycles. The molecule has 4 nitrogen and oxygen atoms in total. The van der Waals surface area contributed by atoms with E-state index in [1.807, 2.05) is 11.9 Å². The summed E-state index contributed by atoms with van der Waals surface area (Å²) in [4.78, 5) is 25.9. The summed E-state index contributed by atoms with van der Waals surface area (Å²) >= 11 is 0. The molecular formula is C16H27NO3. The van der Waals surface area contributed by atoms with E-state index in [0.717, 1.165) is 38.0 Å². The highest BCUT2D eigenvalue weighted by atomic mass is 16.4. The zero-order valence-corrected chi connectivity index (χ0v) is 12.7. The summed E-state index contributed by atoms with van der Waals surface area (Å²) in [6.45, 7) is 2.26. The van der Waals surface area contributed by atoms with Crippen molar-refractivity contribution in [2.75, 3.05) is 7.05 Å². The van der Waals surface area contributed by atoms with Gasteiger partial charge in [-0.15, -0.1) is 0 Å². The maximum absolute atomic E-state index is 12.7. The predicted octanol–water partition coefficient (Wildman–Crippen LogP) is 2.91. The van der Waals surface area contributed by atoms with Crippen LogP contribution in [-0.4, -0.2) is 35.0 Å². The topological polar surface area (TPSA) is 57.6 Å². The highest BCUT2D eigenvalue weighted by Gasteiger charge is 2.38. The van der Waals surface area contributed by atoms with Crippen LogP contribution in [0.15, 0.2) is 0 Å². The van der Waals surface area contributed by atoms with Gasteiger partial charge in [-0.1, -0.05) is 19.8 Å². The molecule has 1 amide bonds. The Hall–Kier alpha value is -1.06. The Kier molecular flexibility index (Phi) is 5.06. The van der Waals surface area contributed by atoms with Crippen molar-refractivity contribution in [1.82, 2.24) is 4.90 Å². The van der Waals surface area contributed by atoms with Crippen LogP contribution in [-0.2, 0) is 9.59 Å². The maximum atomic E-state index is 12.7. The average molecular weight is 281 g/mol. The van der Waals surface area contributed by atoms with Crippen LogP contribution in [0.3, 0.4) is 0 Å². The van der Waals surface area contributed by atoms with E-state index in [9.17, 15) is 14.7 Å². The molecule has 0 heterocycles. The molecule has 2 rings (SSSR count). The molecule has 114 valence electrons. The fraction of sp³-hybridized carbons (Fsp3) is 0.875. The molecule has 2 aliphatic carbocycles. The van der Waals surface area contributed by atoms with Crippen LogP contribution in [0.25, 0.3) is 0 Å². The van der Waals surface area contributed by atoms with Gasteiger partial charge in [0, 0.05) is 13.1 Å². The van der Waals surface area contributed by atoms with Crippen LogP contribution in [0.1, 0.15) is 58.3 Å². The Morgan fingerprint density at radius 1 is 0.950 bits per heavy atom. The molecular weight excluding hydrogens is 254 g/mol.